The minimum Gasteiger partial charge on any atom is -0.302 e. The van der Waals surface area contributed by atoms with Gasteiger partial charge >= 0.3 is 7.60 Å². The number of hydrogen-bond donors (Lipinski definition) is 0. The Bertz CT molecular complexity index is 543. The first kappa shape index (κ1) is 16.2. The van der Waals surface area contributed by atoms with Gasteiger partial charge in [-0.25, -0.2) is 0 Å². The Morgan fingerprint density at radius 1 is 1.00 bits per heavy atom. The van der Waals surface area contributed by atoms with E-state index in [1.165, 1.54) is 11.1 Å². The number of benzene rings is 1. The Morgan fingerprint density at radius 3 is 2.09 bits per heavy atom. The monoisotopic (exact) mass is 322 g/mol. The molecule has 0 heterocycles. The van der Waals surface area contributed by atoms with Gasteiger partial charge in [0.1, 0.15) is 0 Å². The molecule has 2 saturated carbocycles. The average molecular weight is 322 g/mol. The molecule has 0 N–H and O–H groups in total. The maximum Gasteiger partial charge on any atom is 0.362 e. The van der Waals surface area contributed by atoms with Crippen LogP contribution in [-0.2, 0) is 26.5 Å². The van der Waals surface area contributed by atoms with Crippen LogP contribution in [0.1, 0.15) is 63.5 Å². The van der Waals surface area contributed by atoms with E-state index in [4.69, 9.17) is 9.05 Å². The Kier molecular flexibility index (Phi) is 5.07. The standard InChI is InChI=1S/C18H27O3P/c1-3-6-14-8-5-9-18(17(14)7-4-2)22(19,20-15-10-11-15)21-16-12-13-16/h5,8-9,15-16H,3-4,6-7,10-13H2,1-2H3. The fourth-order valence-electron chi connectivity index (χ4n) is 2.80. The van der Waals surface area contributed by atoms with Gasteiger partial charge in [0.2, 0.25) is 0 Å². The van der Waals surface area contributed by atoms with Crippen LogP contribution in [0.5, 0.6) is 0 Å². The molecule has 0 saturated heterocycles. The summed E-state index contributed by atoms with van der Waals surface area (Å²) in [5, 5.41) is 0.833. The van der Waals surface area contributed by atoms with Crippen molar-refractivity contribution in [2.45, 2.75) is 77.4 Å². The maximum atomic E-state index is 13.5. The van der Waals surface area contributed by atoms with E-state index in [9.17, 15) is 4.57 Å². The van der Waals surface area contributed by atoms with Crippen molar-refractivity contribution in [3.63, 3.8) is 0 Å². The molecule has 0 aliphatic heterocycles. The van der Waals surface area contributed by atoms with E-state index in [1.807, 2.05) is 12.1 Å². The van der Waals surface area contributed by atoms with E-state index in [1.54, 1.807) is 0 Å². The van der Waals surface area contributed by atoms with E-state index in [0.717, 1.165) is 56.7 Å². The molecule has 1 aromatic rings. The molecule has 3 rings (SSSR count). The van der Waals surface area contributed by atoms with Crippen LogP contribution in [0.25, 0.3) is 0 Å². The first-order valence-electron chi connectivity index (χ1n) is 8.74. The highest BCUT2D eigenvalue weighted by atomic mass is 31.2. The fraction of sp³-hybridized carbons (Fsp3) is 0.667. The van der Waals surface area contributed by atoms with Gasteiger partial charge in [-0.3, -0.25) is 4.57 Å². The van der Waals surface area contributed by atoms with E-state index in [2.05, 4.69) is 19.9 Å². The molecule has 22 heavy (non-hydrogen) atoms. The van der Waals surface area contributed by atoms with Crippen molar-refractivity contribution in [2.75, 3.05) is 0 Å². The highest BCUT2D eigenvalue weighted by Crippen LogP contribution is 2.56. The molecule has 0 spiro atoms. The van der Waals surface area contributed by atoms with Crippen molar-refractivity contribution in [3.05, 3.63) is 29.3 Å². The van der Waals surface area contributed by atoms with Crippen molar-refractivity contribution in [1.82, 2.24) is 0 Å². The Morgan fingerprint density at radius 2 is 1.59 bits per heavy atom. The molecule has 2 aliphatic rings. The van der Waals surface area contributed by atoms with E-state index >= 15 is 0 Å². The average Bonchev–Trinajstić information content (AvgIpc) is 3.39. The van der Waals surface area contributed by atoms with E-state index < -0.39 is 7.60 Å². The lowest BCUT2D eigenvalue weighted by atomic mass is 10.00. The van der Waals surface area contributed by atoms with Crippen LogP contribution in [0.2, 0.25) is 0 Å². The van der Waals surface area contributed by atoms with Gasteiger partial charge in [-0.2, -0.15) is 0 Å². The molecular weight excluding hydrogens is 295 g/mol. The second-order valence-electron chi connectivity index (χ2n) is 6.52. The van der Waals surface area contributed by atoms with Crippen molar-refractivity contribution in [3.8, 4) is 0 Å². The zero-order valence-corrected chi connectivity index (χ0v) is 14.6. The summed E-state index contributed by atoms with van der Waals surface area (Å²) in [6.07, 6.45) is 8.41. The first-order chi connectivity index (χ1) is 10.7. The molecule has 2 aliphatic carbocycles. The second kappa shape index (κ2) is 6.86. The summed E-state index contributed by atoms with van der Waals surface area (Å²) < 4.78 is 25.4. The lowest BCUT2D eigenvalue weighted by Gasteiger charge is -2.23. The molecule has 0 aromatic heterocycles. The fourth-order valence-corrected chi connectivity index (χ4v) is 5.14. The lowest BCUT2D eigenvalue weighted by molar-refractivity contribution is 0.198. The zero-order valence-electron chi connectivity index (χ0n) is 13.7. The summed E-state index contributed by atoms with van der Waals surface area (Å²) in [5.74, 6) is 0. The molecule has 2 fully saturated rings. The summed E-state index contributed by atoms with van der Waals surface area (Å²) in [6, 6.07) is 6.14. The largest absolute Gasteiger partial charge is 0.362 e. The Labute approximate surface area is 133 Å². The molecular formula is C18H27O3P. The van der Waals surface area contributed by atoms with Crippen LogP contribution in [0.4, 0.5) is 0 Å². The van der Waals surface area contributed by atoms with Crippen LogP contribution < -0.4 is 5.30 Å². The summed E-state index contributed by atoms with van der Waals surface area (Å²) in [4.78, 5) is 0. The molecule has 122 valence electrons. The Hall–Kier alpha value is -0.630. The van der Waals surface area contributed by atoms with Gasteiger partial charge in [-0.1, -0.05) is 38.8 Å². The molecule has 4 heteroatoms. The highest BCUT2D eigenvalue weighted by Gasteiger charge is 2.42. The summed E-state index contributed by atoms with van der Waals surface area (Å²) in [5.41, 5.74) is 2.51. The van der Waals surface area contributed by atoms with Crippen LogP contribution in [0, 0.1) is 0 Å². The molecule has 0 radical (unpaired) electrons. The number of rotatable bonds is 9. The molecule has 3 nitrogen and oxygen atoms in total. The minimum atomic E-state index is -3.18. The van der Waals surface area contributed by atoms with Crippen molar-refractivity contribution >= 4 is 12.9 Å². The van der Waals surface area contributed by atoms with Crippen LogP contribution in [-0.4, -0.2) is 12.2 Å². The minimum absolute atomic E-state index is 0.133. The topological polar surface area (TPSA) is 35.5 Å². The summed E-state index contributed by atoms with van der Waals surface area (Å²) in [7, 11) is -3.18. The molecule has 0 atom stereocenters. The maximum absolute atomic E-state index is 13.5. The predicted octanol–water partition coefficient (Wildman–Crippen LogP) is 4.77. The number of hydrogen-bond acceptors (Lipinski definition) is 3. The highest BCUT2D eigenvalue weighted by molar-refractivity contribution is 7.62. The zero-order chi connectivity index (χ0) is 15.6. The second-order valence-corrected chi connectivity index (χ2v) is 8.42. The van der Waals surface area contributed by atoms with Gasteiger partial charge in [0.05, 0.1) is 17.5 Å². The summed E-state index contributed by atoms with van der Waals surface area (Å²) in [6.45, 7) is 4.35. The van der Waals surface area contributed by atoms with Gasteiger partial charge in [-0.15, -0.1) is 0 Å². The molecule has 0 unspecified atom stereocenters. The van der Waals surface area contributed by atoms with Crippen molar-refractivity contribution in [1.29, 1.82) is 0 Å². The normalized spacial score (nSPS) is 18.6. The third-order valence-corrected chi connectivity index (χ3v) is 6.35. The van der Waals surface area contributed by atoms with E-state index in [0.29, 0.717) is 0 Å². The van der Waals surface area contributed by atoms with Gasteiger partial charge in [-0.05, 0) is 55.7 Å². The predicted molar refractivity (Wildman–Crippen MR) is 89.9 cm³/mol. The first-order valence-corrected chi connectivity index (χ1v) is 10.3. The molecule has 1 aromatic carbocycles. The smallest absolute Gasteiger partial charge is 0.302 e. The van der Waals surface area contributed by atoms with Crippen LogP contribution in [0.3, 0.4) is 0 Å². The molecule has 0 amide bonds. The lowest BCUT2D eigenvalue weighted by Crippen LogP contribution is -2.19. The quantitative estimate of drug-likeness (QED) is 0.614. The van der Waals surface area contributed by atoms with Gasteiger partial charge in [0.15, 0.2) is 0 Å². The Balaban J connectivity index is 1.97. The third kappa shape index (κ3) is 3.82. The van der Waals surface area contributed by atoms with Crippen molar-refractivity contribution in [2.24, 2.45) is 0 Å². The van der Waals surface area contributed by atoms with Gasteiger partial charge in [0, 0.05) is 0 Å². The van der Waals surface area contributed by atoms with Crippen molar-refractivity contribution < 1.29 is 13.6 Å². The SMILES string of the molecule is CCCc1cccc(P(=O)(OC2CC2)OC2CC2)c1CCC. The molecule has 0 bridgehead atoms. The number of aryl methyl sites for hydroxylation is 1. The third-order valence-electron chi connectivity index (χ3n) is 4.19. The van der Waals surface area contributed by atoms with Crippen LogP contribution >= 0.6 is 7.60 Å². The van der Waals surface area contributed by atoms with E-state index in [-0.39, 0.29) is 12.2 Å². The van der Waals surface area contributed by atoms with Crippen LogP contribution in [0.15, 0.2) is 18.2 Å². The van der Waals surface area contributed by atoms with Gasteiger partial charge < -0.3 is 9.05 Å². The summed E-state index contributed by atoms with van der Waals surface area (Å²) >= 11 is 0. The van der Waals surface area contributed by atoms with Gasteiger partial charge in [0.25, 0.3) is 0 Å².